The van der Waals surface area contributed by atoms with E-state index in [1.807, 2.05) is 43.0 Å². The zero-order valence-electron chi connectivity index (χ0n) is 23.5. The van der Waals surface area contributed by atoms with Crippen LogP contribution in [0.3, 0.4) is 0 Å². The fourth-order valence-electron chi connectivity index (χ4n) is 5.99. The number of carbonyl (C=O) groups is 2. The smallest absolute Gasteiger partial charge is 0.379 e. The molecule has 220 valence electrons. The third-order valence-electron chi connectivity index (χ3n) is 7.95. The van der Waals surface area contributed by atoms with Crippen molar-refractivity contribution in [3.05, 3.63) is 70.9 Å². The summed E-state index contributed by atoms with van der Waals surface area (Å²) in [4.78, 5) is 31.2. The number of nitrogens with one attached hydrogen (secondary N) is 2. The molecule has 1 amide bonds. The first kappa shape index (κ1) is 29.1. The van der Waals surface area contributed by atoms with E-state index in [1.165, 1.54) is 12.1 Å². The van der Waals surface area contributed by atoms with E-state index in [-0.39, 0.29) is 23.7 Å². The Balaban J connectivity index is 1.46. The highest BCUT2D eigenvalue weighted by Gasteiger charge is 2.42. The molecule has 41 heavy (non-hydrogen) atoms. The molecule has 2 heterocycles. The summed E-state index contributed by atoms with van der Waals surface area (Å²) in [6.45, 7) is 8.54. The summed E-state index contributed by atoms with van der Waals surface area (Å²) in [5.74, 6) is -0.288. The molecule has 1 atom stereocenters. The number of ketones is 1. The molecule has 1 aliphatic carbocycles. The van der Waals surface area contributed by atoms with Gasteiger partial charge in [0, 0.05) is 37.3 Å². The van der Waals surface area contributed by atoms with Gasteiger partial charge in [-0.25, -0.2) is 0 Å². The number of hydrogen-bond donors (Lipinski definition) is 2. The van der Waals surface area contributed by atoms with Gasteiger partial charge in [0.05, 0.1) is 42.7 Å². The molecule has 2 N–H and O–H groups in total. The van der Waals surface area contributed by atoms with Crippen LogP contribution < -0.4 is 15.5 Å². The van der Waals surface area contributed by atoms with E-state index < -0.39 is 17.8 Å². The summed E-state index contributed by atoms with van der Waals surface area (Å²) in [7, 11) is 0. The van der Waals surface area contributed by atoms with Gasteiger partial charge < -0.3 is 20.3 Å². The van der Waals surface area contributed by atoms with Crippen molar-refractivity contribution >= 4 is 23.1 Å². The van der Waals surface area contributed by atoms with Crippen molar-refractivity contribution in [3.8, 4) is 0 Å². The fraction of sp³-hybridized carbons (Fsp3) is 0.484. The molecular formula is C31H37F3N4O3. The average Bonchev–Trinajstić information content (AvgIpc) is 3.05. The number of alkyl halides is 3. The minimum Gasteiger partial charge on any atom is -0.379 e. The number of para-hydroxylation sites is 2. The Bertz CT molecular complexity index is 1300. The molecule has 0 aromatic heterocycles. The van der Waals surface area contributed by atoms with Gasteiger partial charge in [-0.1, -0.05) is 38.1 Å². The van der Waals surface area contributed by atoms with E-state index in [0.717, 1.165) is 49.6 Å². The molecule has 7 nitrogen and oxygen atoms in total. The number of halogens is 3. The SMILES string of the molecule is CC1(C)CC(=O)C2=C(C1)Nc1ccccc1N(CC(=O)NCCCN1CCOCC1)C2c1ccc(C(F)(F)F)cc1. The molecule has 0 radical (unpaired) electrons. The fourth-order valence-corrected chi connectivity index (χ4v) is 5.99. The van der Waals surface area contributed by atoms with Crippen molar-refractivity contribution in [1.29, 1.82) is 0 Å². The van der Waals surface area contributed by atoms with Gasteiger partial charge in [-0.15, -0.1) is 0 Å². The molecule has 1 fully saturated rings. The summed E-state index contributed by atoms with van der Waals surface area (Å²) in [5.41, 5.74) is 2.19. The first-order valence-corrected chi connectivity index (χ1v) is 14.1. The predicted molar refractivity (Wildman–Crippen MR) is 152 cm³/mol. The van der Waals surface area contributed by atoms with E-state index in [9.17, 15) is 22.8 Å². The lowest BCUT2D eigenvalue weighted by atomic mass is 9.73. The number of nitrogens with zero attached hydrogens (tertiary/aromatic N) is 2. The minimum atomic E-state index is -4.48. The number of benzene rings is 2. The van der Waals surface area contributed by atoms with Crippen molar-refractivity contribution in [3.63, 3.8) is 0 Å². The average molecular weight is 571 g/mol. The van der Waals surface area contributed by atoms with Gasteiger partial charge in [0.25, 0.3) is 0 Å². The van der Waals surface area contributed by atoms with Gasteiger partial charge in [0.2, 0.25) is 5.91 Å². The van der Waals surface area contributed by atoms with Crippen LogP contribution in [0, 0.1) is 5.41 Å². The zero-order valence-corrected chi connectivity index (χ0v) is 23.5. The van der Waals surface area contributed by atoms with Gasteiger partial charge in [-0.2, -0.15) is 13.2 Å². The summed E-state index contributed by atoms with van der Waals surface area (Å²) in [6, 6.07) is 11.7. The molecule has 3 aliphatic rings. The number of morpholine rings is 1. The highest BCUT2D eigenvalue weighted by atomic mass is 19.4. The number of amides is 1. The zero-order chi connectivity index (χ0) is 29.2. The third kappa shape index (κ3) is 6.76. The quantitative estimate of drug-likeness (QED) is 0.448. The second kappa shape index (κ2) is 11.9. The van der Waals surface area contributed by atoms with E-state index in [4.69, 9.17) is 4.74 Å². The van der Waals surface area contributed by atoms with Crippen molar-refractivity contribution in [2.45, 2.75) is 45.3 Å². The molecule has 10 heteroatoms. The molecule has 2 aromatic rings. The topological polar surface area (TPSA) is 73.9 Å². The van der Waals surface area contributed by atoms with E-state index >= 15 is 0 Å². The number of ether oxygens (including phenoxy) is 1. The van der Waals surface area contributed by atoms with Gasteiger partial charge in [0.15, 0.2) is 5.78 Å². The molecule has 0 spiro atoms. The van der Waals surface area contributed by atoms with Crippen LogP contribution in [0.4, 0.5) is 24.5 Å². The molecule has 0 saturated carbocycles. The molecule has 2 aromatic carbocycles. The summed E-state index contributed by atoms with van der Waals surface area (Å²) in [6.07, 6.45) is -2.79. The van der Waals surface area contributed by atoms with Crippen LogP contribution in [0.1, 0.15) is 50.3 Å². The minimum absolute atomic E-state index is 0.0601. The third-order valence-corrected chi connectivity index (χ3v) is 7.95. The monoisotopic (exact) mass is 570 g/mol. The highest BCUT2D eigenvalue weighted by molar-refractivity contribution is 6.01. The van der Waals surface area contributed by atoms with Crippen molar-refractivity contribution < 1.29 is 27.5 Å². The molecule has 2 aliphatic heterocycles. The predicted octanol–water partition coefficient (Wildman–Crippen LogP) is 5.16. The molecule has 1 unspecified atom stereocenters. The van der Waals surface area contributed by atoms with Gasteiger partial charge in [-0.3, -0.25) is 14.5 Å². The largest absolute Gasteiger partial charge is 0.416 e. The highest BCUT2D eigenvalue weighted by Crippen LogP contribution is 2.48. The van der Waals surface area contributed by atoms with Crippen LogP contribution in [-0.4, -0.2) is 62.5 Å². The van der Waals surface area contributed by atoms with Crippen LogP contribution in [0.5, 0.6) is 0 Å². The Morgan fingerprint density at radius 3 is 2.49 bits per heavy atom. The van der Waals surface area contributed by atoms with E-state index in [1.54, 1.807) is 0 Å². The Labute approximate surface area is 238 Å². The second-order valence-electron chi connectivity index (χ2n) is 11.8. The Kier molecular flexibility index (Phi) is 8.42. The first-order valence-electron chi connectivity index (χ1n) is 14.1. The number of Topliss-reactive ketones (excluding diaryl/α,β-unsaturated/α-hetero) is 1. The lowest BCUT2D eigenvalue weighted by Gasteiger charge is -2.38. The number of allylic oxidation sites excluding steroid dienone is 1. The van der Waals surface area contributed by atoms with Crippen molar-refractivity contribution in [1.82, 2.24) is 10.2 Å². The normalized spacial score (nSPS) is 21.0. The lowest BCUT2D eigenvalue weighted by Crippen LogP contribution is -2.43. The summed E-state index contributed by atoms with van der Waals surface area (Å²) in [5, 5.41) is 6.47. The number of anilines is 2. The van der Waals surface area contributed by atoms with Crippen LogP contribution >= 0.6 is 0 Å². The molecule has 5 rings (SSSR count). The van der Waals surface area contributed by atoms with Crippen molar-refractivity contribution in [2.24, 2.45) is 5.41 Å². The Morgan fingerprint density at radius 1 is 1.07 bits per heavy atom. The molecular weight excluding hydrogens is 533 g/mol. The molecule has 0 bridgehead atoms. The van der Waals surface area contributed by atoms with Crippen LogP contribution in [-0.2, 0) is 20.5 Å². The van der Waals surface area contributed by atoms with Gasteiger partial charge in [0.1, 0.15) is 0 Å². The number of rotatable bonds is 7. The lowest BCUT2D eigenvalue weighted by molar-refractivity contribution is -0.137. The maximum absolute atomic E-state index is 13.7. The number of hydrogen-bond acceptors (Lipinski definition) is 6. The van der Waals surface area contributed by atoms with Crippen LogP contribution in [0.2, 0.25) is 0 Å². The number of fused-ring (bicyclic) bond motifs is 1. The molecule has 1 saturated heterocycles. The number of carbonyl (C=O) groups excluding carboxylic acids is 2. The van der Waals surface area contributed by atoms with Gasteiger partial charge >= 0.3 is 6.18 Å². The van der Waals surface area contributed by atoms with E-state index in [2.05, 4.69) is 15.5 Å². The van der Waals surface area contributed by atoms with Crippen molar-refractivity contribution in [2.75, 3.05) is 56.2 Å². The summed E-state index contributed by atoms with van der Waals surface area (Å²) >= 11 is 0. The Morgan fingerprint density at radius 2 is 1.78 bits per heavy atom. The standard InChI is InChI=1S/C31H37F3N4O3/c1-30(2)18-24-28(26(39)19-30)29(21-8-10-22(11-9-21)31(32,33)34)38(25-7-4-3-6-23(25)36-24)20-27(40)35-12-5-13-37-14-16-41-17-15-37/h3-4,6-11,29,36H,5,12-20H2,1-2H3,(H,35,40). The maximum Gasteiger partial charge on any atom is 0.416 e. The maximum atomic E-state index is 13.7. The van der Waals surface area contributed by atoms with Gasteiger partial charge in [-0.05, 0) is 54.6 Å². The second-order valence-corrected chi connectivity index (χ2v) is 11.8. The summed E-state index contributed by atoms with van der Waals surface area (Å²) < 4.78 is 45.6. The Hall–Kier alpha value is -3.37. The van der Waals surface area contributed by atoms with Crippen LogP contribution in [0.15, 0.2) is 59.8 Å². The van der Waals surface area contributed by atoms with Crippen LogP contribution in [0.25, 0.3) is 0 Å². The first-order chi connectivity index (χ1) is 19.5. The van der Waals surface area contributed by atoms with E-state index in [0.29, 0.717) is 49.4 Å².